The van der Waals surface area contributed by atoms with Crippen LogP contribution in [0.2, 0.25) is 0 Å². The molecule has 0 amide bonds. The van der Waals surface area contributed by atoms with Gasteiger partial charge >= 0.3 is 0 Å². The fourth-order valence-corrected chi connectivity index (χ4v) is 4.87. The second-order valence-electron chi connectivity index (χ2n) is 6.81. The summed E-state index contributed by atoms with van der Waals surface area (Å²) < 4.78 is 26.9. The number of thiocarbonyl (C=S) groups is 1. The molecule has 26 heavy (non-hydrogen) atoms. The number of nitrogens with zero attached hydrogens (tertiary/aromatic N) is 2. The minimum absolute atomic E-state index is 0.357. The van der Waals surface area contributed by atoms with Gasteiger partial charge in [0.15, 0.2) is 5.11 Å². The molecule has 7 heteroatoms. The van der Waals surface area contributed by atoms with Crippen LogP contribution in [0.25, 0.3) is 0 Å². The van der Waals surface area contributed by atoms with Gasteiger partial charge in [-0.2, -0.15) is 4.31 Å². The minimum atomic E-state index is -3.41. The fraction of sp³-hybridized carbons (Fsp3) is 0.632. The Hall–Kier alpha value is -1.18. The number of hydrogen-bond acceptors (Lipinski definition) is 3. The molecule has 0 bridgehead atoms. The second kappa shape index (κ2) is 10.2. The maximum Gasteiger partial charge on any atom is 0.243 e. The molecule has 5 nitrogen and oxygen atoms in total. The molecular weight excluding hydrogens is 366 g/mol. The van der Waals surface area contributed by atoms with E-state index in [0.717, 1.165) is 18.1 Å². The van der Waals surface area contributed by atoms with Gasteiger partial charge in [-0.25, -0.2) is 8.42 Å². The van der Waals surface area contributed by atoms with Crippen molar-refractivity contribution in [3.05, 3.63) is 30.3 Å². The highest BCUT2D eigenvalue weighted by atomic mass is 32.2. The van der Waals surface area contributed by atoms with Crippen LogP contribution in [0.15, 0.2) is 35.2 Å². The first-order valence-corrected chi connectivity index (χ1v) is 11.4. The zero-order valence-electron chi connectivity index (χ0n) is 15.9. The first-order chi connectivity index (χ1) is 12.5. The third-order valence-electron chi connectivity index (χ3n) is 4.99. The van der Waals surface area contributed by atoms with Crippen molar-refractivity contribution in [3.63, 3.8) is 0 Å². The molecule has 1 aromatic rings. The third-order valence-corrected chi connectivity index (χ3v) is 7.31. The van der Waals surface area contributed by atoms with Gasteiger partial charge in [-0.15, -0.1) is 0 Å². The summed E-state index contributed by atoms with van der Waals surface area (Å²) in [6, 6.07) is 8.63. The van der Waals surface area contributed by atoms with Crippen molar-refractivity contribution >= 4 is 27.4 Å². The highest BCUT2D eigenvalue weighted by molar-refractivity contribution is 7.89. The molecule has 0 aliphatic carbocycles. The second-order valence-corrected chi connectivity index (χ2v) is 9.13. The molecule has 0 radical (unpaired) electrons. The molecule has 1 saturated heterocycles. The number of benzene rings is 1. The van der Waals surface area contributed by atoms with Gasteiger partial charge in [0.2, 0.25) is 10.0 Å². The summed E-state index contributed by atoms with van der Waals surface area (Å²) in [7, 11) is -3.41. The van der Waals surface area contributed by atoms with E-state index < -0.39 is 10.0 Å². The summed E-state index contributed by atoms with van der Waals surface area (Å²) in [4.78, 5) is 2.44. The largest absolute Gasteiger partial charge is 0.362 e. The SMILES string of the molecule is CCCC[C@@H](CC)CNC(=S)N1CCN(S(=O)(=O)c2ccccc2)CC1. The van der Waals surface area contributed by atoms with E-state index in [9.17, 15) is 8.42 Å². The Morgan fingerprint density at radius 2 is 1.81 bits per heavy atom. The number of rotatable bonds is 8. The molecule has 1 atom stereocenters. The van der Waals surface area contributed by atoms with Gasteiger partial charge in [0, 0.05) is 32.7 Å². The van der Waals surface area contributed by atoms with Crippen LogP contribution in [0.5, 0.6) is 0 Å². The van der Waals surface area contributed by atoms with Crippen LogP contribution in [-0.2, 0) is 10.0 Å². The Morgan fingerprint density at radius 1 is 1.15 bits per heavy atom. The van der Waals surface area contributed by atoms with Crippen LogP contribution < -0.4 is 5.32 Å². The van der Waals surface area contributed by atoms with E-state index in [4.69, 9.17) is 12.2 Å². The summed E-state index contributed by atoms with van der Waals surface area (Å²) in [5, 5.41) is 4.13. The normalized spacial score (nSPS) is 17.1. The van der Waals surface area contributed by atoms with Crippen LogP contribution in [0, 0.1) is 5.92 Å². The van der Waals surface area contributed by atoms with Crippen LogP contribution in [-0.4, -0.2) is 55.5 Å². The predicted molar refractivity (Wildman–Crippen MR) is 111 cm³/mol. The standard InChI is InChI=1S/C19H31N3O2S2/c1-3-5-9-17(4-2)16-20-19(25)21-12-14-22(15-13-21)26(23,24)18-10-7-6-8-11-18/h6-8,10-11,17H,3-5,9,12-16H2,1-2H3,(H,20,25)/t17-/m1/s1. The number of hydrogen-bond donors (Lipinski definition) is 1. The van der Waals surface area contributed by atoms with Gasteiger partial charge in [-0.1, -0.05) is 51.3 Å². The van der Waals surface area contributed by atoms with Crippen LogP contribution in [0.3, 0.4) is 0 Å². The monoisotopic (exact) mass is 397 g/mol. The summed E-state index contributed by atoms with van der Waals surface area (Å²) >= 11 is 5.53. The lowest BCUT2D eigenvalue weighted by Crippen LogP contribution is -2.53. The number of unbranched alkanes of at least 4 members (excludes halogenated alkanes) is 1. The Bertz CT molecular complexity index is 657. The molecule has 2 rings (SSSR count). The summed E-state index contributed by atoms with van der Waals surface area (Å²) in [5.74, 6) is 0.646. The summed E-state index contributed by atoms with van der Waals surface area (Å²) in [6.45, 7) is 7.52. The number of piperazine rings is 1. The molecule has 0 saturated carbocycles. The minimum Gasteiger partial charge on any atom is -0.362 e. The molecule has 0 unspecified atom stereocenters. The maximum atomic E-state index is 12.7. The lowest BCUT2D eigenvalue weighted by atomic mass is 9.99. The molecule has 1 aliphatic heterocycles. The van der Waals surface area contributed by atoms with Crippen molar-refractivity contribution in [2.24, 2.45) is 5.92 Å². The van der Waals surface area contributed by atoms with Gasteiger partial charge in [0.1, 0.15) is 0 Å². The Kier molecular flexibility index (Phi) is 8.31. The molecule has 1 aromatic carbocycles. The van der Waals surface area contributed by atoms with Crippen molar-refractivity contribution in [2.45, 2.75) is 44.4 Å². The molecule has 0 spiro atoms. The van der Waals surface area contributed by atoms with Crippen molar-refractivity contribution in [3.8, 4) is 0 Å². The lowest BCUT2D eigenvalue weighted by molar-refractivity contribution is 0.262. The smallest absolute Gasteiger partial charge is 0.243 e. The number of sulfonamides is 1. The molecule has 1 fully saturated rings. The molecule has 1 aliphatic rings. The predicted octanol–water partition coefficient (Wildman–Crippen LogP) is 3.08. The number of nitrogens with one attached hydrogen (secondary N) is 1. The Balaban J connectivity index is 1.83. The van der Waals surface area contributed by atoms with Crippen LogP contribution in [0.1, 0.15) is 39.5 Å². The Labute approximate surface area is 163 Å². The molecule has 1 heterocycles. The van der Waals surface area contributed by atoms with Gasteiger partial charge in [0.05, 0.1) is 4.90 Å². The van der Waals surface area contributed by atoms with E-state index in [-0.39, 0.29) is 0 Å². The van der Waals surface area contributed by atoms with E-state index >= 15 is 0 Å². The van der Waals surface area contributed by atoms with E-state index in [1.165, 1.54) is 19.3 Å². The van der Waals surface area contributed by atoms with E-state index in [2.05, 4.69) is 24.1 Å². The maximum absolute atomic E-state index is 12.7. The van der Waals surface area contributed by atoms with Crippen molar-refractivity contribution in [2.75, 3.05) is 32.7 Å². The first-order valence-electron chi connectivity index (χ1n) is 9.57. The van der Waals surface area contributed by atoms with Crippen molar-refractivity contribution < 1.29 is 8.42 Å². The van der Waals surface area contributed by atoms with E-state index in [1.54, 1.807) is 28.6 Å². The summed E-state index contributed by atoms with van der Waals surface area (Å²) in [6.07, 6.45) is 4.85. The molecule has 146 valence electrons. The van der Waals surface area contributed by atoms with Crippen LogP contribution >= 0.6 is 12.2 Å². The highest BCUT2D eigenvalue weighted by Gasteiger charge is 2.29. The van der Waals surface area contributed by atoms with Gasteiger partial charge in [0.25, 0.3) is 0 Å². The highest BCUT2D eigenvalue weighted by Crippen LogP contribution is 2.17. The zero-order chi connectivity index (χ0) is 19.0. The average Bonchev–Trinajstić information content (AvgIpc) is 2.68. The first kappa shape index (κ1) is 21.1. The van der Waals surface area contributed by atoms with Gasteiger partial charge in [-0.05, 0) is 36.7 Å². The molecular formula is C19H31N3O2S2. The van der Waals surface area contributed by atoms with Gasteiger partial charge < -0.3 is 10.2 Å². The Morgan fingerprint density at radius 3 is 2.38 bits per heavy atom. The molecule has 0 aromatic heterocycles. The van der Waals surface area contributed by atoms with E-state index in [0.29, 0.717) is 37.0 Å². The third kappa shape index (κ3) is 5.66. The average molecular weight is 398 g/mol. The quantitative estimate of drug-likeness (QED) is 0.683. The molecule has 1 N–H and O–H groups in total. The van der Waals surface area contributed by atoms with Gasteiger partial charge in [-0.3, -0.25) is 0 Å². The topological polar surface area (TPSA) is 52.6 Å². The fourth-order valence-electron chi connectivity index (χ4n) is 3.16. The van der Waals surface area contributed by atoms with Crippen molar-refractivity contribution in [1.82, 2.24) is 14.5 Å². The van der Waals surface area contributed by atoms with E-state index in [1.807, 2.05) is 6.07 Å². The summed E-state index contributed by atoms with van der Waals surface area (Å²) in [5.41, 5.74) is 0. The van der Waals surface area contributed by atoms with Crippen LogP contribution in [0.4, 0.5) is 0 Å². The lowest BCUT2D eigenvalue weighted by Gasteiger charge is -2.35. The zero-order valence-corrected chi connectivity index (χ0v) is 17.5. The van der Waals surface area contributed by atoms with Crippen molar-refractivity contribution in [1.29, 1.82) is 0 Å².